The minimum absolute atomic E-state index is 0.112. The normalized spacial score (nSPS) is 27.2. The van der Waals surface area contributed by atoms with Crippen molar-refractivity contribution in [2.75, 3.05) is 6.54 Å². The number of carbonyl (C=O) groups is 1. The van der Waals surface area contributed by atoms with Gasteiger partial charge < -0.3 is 9.32 Å². The van der Waals surface area contributed by atoms with Crippen molar-refractivity contribution in [2.45, 2.75) is 51.1 Å². The number of carbonyl (C=O) groups excluding carboxylic acids is 1. The molecule has 5 nitrogen and oxygen atoms in total. The van der Waals surface area contributed by atoms with E-state index in [1.54, 1.807) is 6.26 Å². The van der Waals surface area contributed by atoms with Gasteiger partial charge in [-0.15, -0.1) is 0 Å². The molecule has 1 amide bonds. The number of nitrogens with zero attached hydrogens (tertiary/aromatic N) is 3. The monoisotopic (exact) mass is 313 g/mol. The molecule has 1 aliphatic heterocycles. The van der Waals surface area contributed by atoms with Crippen LogP contribution in [0.1, 0.15) is 42.9 Å². The molecule has 0 spiro atoms. The maximum absolute atomic E-state index is 12.9. The van der Waals surface area contributed by atoms with E-state index in [0.29, 0.717) is 5.91 Å². The van der Waals surface area contributed by atoms with Crippen LogP contribution in [-0.2, 0) is 11.3 Å². The molecule has 23 heavy (non-hydrogen) atoms. The van der Waals surface area contributed by atoms with Gasteiger partial charge in [0.15, 0.2) is 0 Å². The zero-order chi connectivity index (χ0) is 15.8. The third kappa shape index (κ3) is 2.92. The number of rotatable bonds is 4. The van der Waals surface area contributed by atoms with E-state index < -0.39 is 0 Å². The highest BCUT2D eigenvalue weighted by Gasteiger charge is 2.48. The summed E-state index contributed by atoms with van der Waals surface area (Å²) in [4.78, 5) is 15.0. The van der Waals surface area contributed by atoms with Crippen molar-refractivity contribution in [2.24, 2.45) is 5.92 Å². The first-order chi connectivity index (χ1) is 11.2. The average molecular weight is 313 g/mol. The first-order valence-corrected chi connectivity index (χ1v) is 8.55. The molecule has 2 aliphatic rings. The van der Waals surface area contributed by atoms with Gasteiger partial charge in [0.25, 0.3) is 0 Å². The van der Waals surface area contributed by atoms with Gasteiger partial charge >= 0.3 is 0 Å². The molecule has 1 aliphatic carbocycles. The van der Waals surface area contributed by atoms with Crippen LogP contribution >= 0.6 is 0 Å². The van der Waals surface area contributed by atoms with Gasteiger partial charge in [0.05, 0.1) is 25.0 Å². The van der Waals surface area contributed by atoms with Crippen LogP contribution in [0.5, 0.6) is 0 Å². The van der Waals surface area contributed by atoms with Crippen LogP contribution in [0.3, 0.4) is 0 Å². The predicted molar refractivity (Wildman–Crippen MR) is 85.9 cm³/mol. The van der Waals surface area contributed by atoms with Gasteiger partial charge in [0.2, 0.25) is 5.91 Å². The smallest absolute Gasteiger partial charge is 0.226 e. The van der Waals surface area contributed by atoms with Gasteiger partial charge in [-0.2, -0.15) is 5.10 Å². The number of hydrogen-bond donors (Lipinski definition) is 0. The molecule has 2 aromatic rings. The average Bonchev–Trinajstić information content (AvgIpc) is 2.96. The summed E-state index contributed by atoms with van der Waals surface area (Å²) >= 11 is 0. The van der Waals surface area contributed by atoms with E-state index in [9.17, 15) is 4.79 Å². The number of piperidine rings is 1. The fourth-order valence-electron chi connectivity index (χ4n) is 3.76. The zero-order valence-corrected chi connectivity index (χ0v) is 13.5. The molecule has 0 N–H and O–H groups in total. The Balaban J connectivity index is 1.44. The highest BCUT2D eigenvalue weighted by atomic mass is 16.3. The molecule has 0 radical (unpaired) electrons. The molecule has 3 atom stereocenters. The largest absolute Gasteiger partial charge is 0.469 e. The van der Waals surface area contributed by atoms with Gasteiger partial charge in [-0.25, -0.2) is 0 Å². The number of hydrogen-bond acceptors (Lipinski definition) is 3. The summed E-state index contributed by atoms with van der Waals surface area (Å²) in [5, 5.41) is 4.38. The second-order valence-corrected chi connectivity index (χ2v) is 6.89. The van der Waals surface area contributed by atoms with Crippen molar-refractivity contribution < 1.29 is 9.21 Å². The molecule has 0 bridgehead atoms. The SMILES string of the molecule is Cc1cnn(CC2CCCCN2C(=O)C2CC2c2ccco2)c1. The predicted octanol–water partition coefficient (Wildman–Crippen LogP) is 2.97. The topological polar surface area (TPSA) is 51.3 Å². The van der Waals surface area contributed by atoms with E-state index in [-0.39, 0.29) is 17.9 Å². The second-order valence-electron chi connectivity index (χ2n) is 6.89. The minimum Gasteiger partial charge on any atom is -0.469 e. The molecule has 0 aromatic carbocycles. The van der Waals surface area contributed by atoms with E-state index in [1.165, 1.54) is 12.0 Å². The van der Waals surface area contributed by atoms with Crippen LogP contribution < -0.4 is 0 Å². The van der Waals surface area contributed by atoms with Crippen molar-refractivity contribution in [1.29, 1.82) is 0 Å². The number of furan rings is 1. The van der Waals surface area contributed by atoms with Crippen LogP contribution in [0.15, 0.2) is 35.2 Å². The maximum Gasteiger partial charge on any atom is 0.226 e. The highest BCUT2D eigenvalue weighted by Crippen LogP contribution is 2.49. The lowest BCUT2D eigenvalue weighted by atomic mass is 10.0. The van der Waals surface area contributed by atoms with E-state index in [4.69, 9.17) is 4.42 Å². The molecule has 3 heterocycles. The van der Waals surface area contributed by atoms with Crippen molar-refractivity contribution in [3.63, 3.8) is 0 Å². The molecule has 1 saturated carbocycles. The Hall–Kier alpha value is -2.04. The van der Waals surface area contributed by atoms with E-state index >= 15 is 0 Å². The summed E-state index contributed by atoms with van der Waals surface area (Å²) in [5.41, 5.74) is 1.17. The second kappa shape index (κ2) is 5.87. The van der Waals surface area contributed by atoms with Gasteiger partial charge in [-0.05, 0) is 50.3 Å². The molecular weight excluding hydrogens is 290 g/mol. The number of likely N-dealkylation sites (tertiary alicyclic amines) is 1. The van der Waals surface area contributed by atoms with Crippen LogP contribution in [0, 0.1) is 12.8 Å². The molecule has 4 rings (SSSR count). The van der Waals surface area contributed by atoms with Crippen molar-refractivity contribution >= 4 is 5.91 Å². The lowest BCUT2D eigenvalue weighted by Gasteiger charge is -2.36. The highest BCUT2D eigenvalue weighted by molar-refractivity contribution is 5.83. The standard InChI is InChI=1S/C18H23N3O2/c1-13-10-19-20(11-13)12-14-5-2-3-7-21(14)18(22)16-9-15(16)17-6-4-8-23-17/h4,6,8,10-11,14-16H,2-3,5,7,9,12H2,1H3. The van der Waals surface area contributed by atoms with Gasteiger partial charge in [0, 0.05) is 24.6 Å². The van der Waals surface area contributed by atoms with Gasteiger partial charge in [-0.1, -0.05) is 0 Å². The first-order valence-electron chi connectivity index (χ1n) is 8.55. The number of amides is 1. The van der Waals surface area contributed by atoms with Crippen molar-refractivity contribution in [1.82, 2.24) is 14.7 Å². The molecule has 5 heteroatoms. The van der Waals surface area contributed by atoms with E-state index in [1.807, 2.05) is 29.9 Å². The quantitative estimate of drug-likeness (QED) is 0.872. The van der Waals surface area contributed by atoms with Crippen molar-refractivity contribution in [3.8, 4) is 0 Å². The number of aryl methyl sites for hydroxylation is 1. The maximum atomic E-state index is 12.9. The van der Waals surface area contributed by atoms with Crippen LogP contribution in [-0.4, -0.2) is 33.2 Å². The molecule has 3 unspecified atom stereocenters. The van der Waals surface area contributed by atoms with Crippen LogP contribution in [0.25, 0.3) is 0 Å². The summed E-state index contributed by atoms with van der Waals surface area (Å²) in [6.45, 7) is 3.73. The minimum atomic E-state index is 0.112. The fourth-order valence-corrected chi connectivity index (χ4v) is 3.76. The third-order valence-corrected chi connectivity index (χ3v) is 5.09. The third-order valence-electron chi connectivity index (χ3n) is 5.09. The molecule has 122 valence electrons. The summed E-state index contributed by atoms with van der Waals surface area (Å²) in [5.74, 6) is 1.66. The van der Waals surface area contributed by atoms with E-state index in [2.05, 4.69) is 16.2 Å². The Morgan fingerprint density at radius 2 is 2.35 bits per heavy atom. The molecule has 1 saturated heterocycles. The summed E-state index contributed by atoms with van der Waals surface area (Å²) in [6.07, 6.45) is 9.93. The first kappa shape index (κ1) is 14.5. The van der Waals surface area contributed by atoms with Gasteiger partial charge in [-0.3, -0.25) is 9.48 Å². The van der Waals surface area contributed by atoms with E-state index in [0.717, 1.165) is 38.1 Å². The lowest BCUT2D eigenvalue weighted by molar-refractivity contribution is -0.136. The Morgan fingerprint density at radius 3 is 3.09 bits per heavy atom. The summed E-state index contributed by atoms with van der Waals surface area (Å²) < 4.78 is 7.44. The summed E-state index contributed by atoms with van der Waals surface area (Å²) in [7, 11) is 0. The Morgan fingerprint density at radius 1 is 1.43 bits per heavy atom. The van der Waals surface area contributed by atoms with Crippen LogP contribution in [0.2, 0.25) is 0 Å². The molecule has 2 fully saturated rings. The number of aromatic nitrogens is 2. The van der Waals surface area contributed by atoms with Gasteiger partial charge in [0.1, 0.15) is 5.76 Å². The Bertz CT molecular complexity index is 676. The van der Waals surface area contributed by atoms with Crippen LogP contribution in [0.4, 0.5) is 0 Å². The van der Waals surface area contributed by atoms with Crippen molar-refractivity contribution in [3.05, 3.63) is 42.1 Å². The fraction of sp³-hybridized carbons (Fsp3) is 0.556. The zero-order valence-electron chi connectivity index (χ0n) is 13.5. The molecular formula is C18H23N3O2. The Kier molecular flexibility index (Phi) is 3.71. The summed E-state index contributed by atoms with van der Waals surface area (Å²) in [6, 6.07) is 4.16. The Labute approximate surface area is 136 Å². The molecule has 2 aromatic heterocycles. The lowest BCUT2D eigenvalue weighted by Crippen LogP contribution is -2.46.